The van der Waals surface area contributed by atoms with Crippen LogP contribution in [0.4, 0.5) is 0 Å². The van der Waals surface area contributed by atoms with Crippen LogP contribution in [0.25, 0.3) is 0 Å². The number of hydrogen-bond acceptors (Lipinski definition) is 2. The molecule has 0 aliphatic carbocycles. The maximum Gasteiger partial charge on any atom is 0.333 e. The van der Waals surface area contributed by atoms with Gasteiger partial charge in [-0.15, -0.1) is 0 Å². The predicted molar refractivity (Wildman–Crippen MR) is 88.2 cm³/mol. The van der Waals surface area contributed by atoms with Crippen molar-refractivity contribution in [3.8, 4) is 0 Å². The molecule has 0 bridgehead atoms. The first-order valence-corrected chi connectivity index (χ1v) is 8.09. The zero-order valence-corrected chi connectivity index (χ0v) is 13.4. The summed E-state index contributed by atoms with van der Waals surface area (Å²) in [6, 6.07) is 10.1. The molecule has 0 atom stereocenters. The molecule has 1 rings (SSSR count). The number of methoxy groups -OCH3 is 1. The molecule has 0 aliphatic rings. The van der Waals surface area contributed by atoms with Crippen molar-refractivity contribution in [2.24, 2.45) is 0 Å². The first-order valence-electron chi connectivity index (χ1n) is 8.09. The number of hydrogen-bond donors (Lipinski definition) is 0. The molecule has 0 spiro atoms. The second-order valence-electron chi connectivity index (χ2n) is 5.44. The van der Waals surface area contributed by atoms with Gasteiger partial charge in [-0.05, 0) is 18.4 Å². The van der Waals surface area contributed by atoms with E-state index in [1.54, 1.807) is 0 Å². The van der Waals surface area contributed by atoms with Gasteiger partial charge in [0.1, 0.15) is 0 Å². The third kappa shape index (κ3) is 7.69. The summed E-state index contributed by atoms with van der Waals surface area (Å²) in [5.74, 6) is -0.204. The number of carbonyl (C=O) groups excluding carboxylic acids is 1. The van der Waals surface area contributed by atoms with Crippen LogP contribution in [-0.2, 0) is 16.0 Å². The molecule has 0 saturated carbocycles. The number of unbranched alkanes of at least 4 members (excludes halogenated alkanes) is 6. The van der Waals surface area contributed by atoms with Gasteiger partial charge >= 0.3 is 5.97 Å². The number of ether oxygens (including phenoxy) is 1. The molecule has 21 heavy (non-hydrogen) atoms. The molecule has 1 aromatic carbocycles. The highest BCUT2D eigenvalue weighted by Gasteiger charge is 2.09. The van der Waals surface area contributed by atoms with E-state index in [-0.39, 0.29) is 5.97 Å². The summed E-state index contributed by atoms with van der Waals surface area (Å²) >= 11 is 0. The summed E-state index contributed by atoms with van der Waals surface area (Å²) in [4.78, 5) is 11.8. The topological polar surface area (TPSA) is 26.3 Å². The Kier molecular flexibility index (Phi) is 9.26. The number of esters is 1. The summed E-state index contributed by atoms with van der Waals surface area (Å²) in [7, 11) is 1.45. The van der Waals surface area contributed by atoms with Gasteiger partial charge in [-0.1, -0.05) is 75.4 Å². The lowest BCUT2D eigenvalue weighted by Crippen LogP contribution is -2.07. The molecule has 116 valence electrons. The van der Waals surface area contributed by atoms with Gasteiger partial charge in [0.2, 0.25) is 0 Å². The molecular weight excluding hydrogens is 260 g/mol. The van der Waals surface area contributed by atoms with Crippen LogP contribution < -0.4 is 0 Å². The fraction of sp³-hybridized carbons (Fsp3) is 0.526. The van der Waals surface area contributed by atoms with Gasteiger partial charge in [0.25, 0.3) is 0 Å². The summed E-state index contributed by atoms with van der Waals surface area (Å²) in [6.45, 7) is 2.23. The quantitative estimate of drug-likeness (QED) is 0.341. The summed E-state index contributed by atoms with van der Waals surface area (Å²) in [6.07, 6.45) is 11.3. The van der Waals surface area contributed by atoms with E-state index in [4.69, 9.17) is 4.74 Å². The molecule has 0 unspecified atom stereocenters. The highest BCUT2D eigenvalue weighted by molar-refractivity contribution is 5.88. The summed E-state index contributed by atoms with van der Waals surface area (Å²) < 4.78 is 4.89. The van der Waals surface area contributed by atoms with Crippen molar-refractivity contribution in [1.82, 2.24) is 0 Å². The molecule has 1 aromatic rings. The van der Waals surface area contributed by atoms with Gasteiger partial charge in [-0.25, -0.2) is 4.79 Å². The van der Waals surface area contributed by atoms with Gasteiger partial charge in [0.15, 0.2) is 0 Å². The number of benzene rings is 1. The second kappa shape index (κ2) is 11.1. The Bertz CT molecular complexity index is 420. The molecule has 0 fully saturated rings. The van der Waals surface area contributed by atoms with Crippen molar-refractivity contribution in [3.63, 3.8) is 0 Å². The zero-order chi connectivity index (χ0) is 15.3. The average molecular weight is 288 g/mol. The standard InChI is InChI=1S/C19H28O2/c1-3-4-5-6-7-8-12-15-18(19(20)21-2)16-17-13-10-9-11-14-17/h9-11,13-15H,3-8,12,16H2,1-2H3/b18-15-. The van der Waals surface area contributed by atoms with Crippen LogP contribution in [0.5, 0.6) is 0 Å². The van der Waals surface area contributed by atoms with E-state index in [1.165, 1.54) is 39.2 Å². The molecule has 0 amide bonds. The number of rotatable bonds is 10. The van der Waals surface area contributed by atoms with E-state index in [0.29, 0.717) is 6.42 Å². The van der Waals surface area contributed by atoms with Gasteiger partial charge in [-0.3, -0.25) is 0 Å². The smallest absolute Gasteiger partial charge is 0.333 e. The maximum atomic E-state index is 11.8. The molecule has 0 aliphatic heterocycles. The Morgan fingerprint density at radius 1 is 1.05 bits per heavy atom. The predicted octanol–water partition coefficient (Wildman–Crippen LogP) is 5.08. The summed E-state index contributed by atoms with van der Waals surface area (Å²) in [5.41, 5.74) is 1.93. The minimum atomic E-state index is -0.204. The molecular formula is C19H28O2. The fourth-order valence-corrected chi connectivity index (χ4v) is 2.38. The van der Waals surface area contributed by atoms with E-state index >= 15 is 0 Å². The van der Waals surface area contributed by atoms with Crippen LogP contribution in [0, 0.1) is 0 Å². The van der Waals surface area contributed by atoms with E-state index in [0.717, 1.165) is 24.0 Å². The van der Waals surface area contributed by atoms with Crippen molar-refractivity contribution < 1.29 is 9.53 Å². The van der Waals surface area contributed by atoms with E-state index in [2.05, 4.69) is 13.0 Å². The largest absolute Gasteiger partial charge is 0.466 e. The summed E-state index contributed by atoms with van der Waals surface area (Å²) in [5, 5.41) is 0. The van der Waals surface area contributed by atoms with Crippen molar-refractivity contribution in [2.75, 3.05) is 7.11 Å². The SMILES string of the molecule is CCCCCCCC/C=C(/Cc1ccccc1)C(=O)OC. The zero-order valence-electron chi connectivity index (χ0n) is 13.4. The van der Waals surface area contributed by atoms with Crippen molar-refractivity contribution in [2.45, 2.75) is 58.3 Å². The average Bonchev–Trinajstić information content (AvgIpc) is 2.53. The third-order valence-corrected chi connectivity index (χ3v) is 3.63. The lowest BCUT2D eigenvalue weighted by atomic mass is 10.0. The van der Waals surface area contributed by atoms with E-state index in [1.807, 2.05) is 30.3 Å². The Morgan fingerprint density at radius 3 is 2.38 bits per heavy atom. The highest BCUT2D eigenvalue weighted by atomic mass is 16.5. The second-order valence-corrected chi connectivity index (χ2v) is 5.44. The molecule has 0 aromatic heterocycles. The van der Waals surface area contributed by atoms with Gasteiger partial charge in [0.05, 0.1) is 7.11 Å². The molecule has 0 heterocycles. The molecule has 2 heteroatoms. The third-order valence-electron chi connectivity index (χ3n) is 3.63. The first kappa shape index (κ1) is 17.5. The minimum Gasteiger partial charge on any atom is -0.466 e. The van der Waals surface area contributed by atoms with Gasteiger partial charge in [-0.2, -0.15) is 0 Å². The minimum absolute atomic E-state index is 0.204. The van der Waals surface area contributed by atoms with E-state index < -0.39 is 0 Å². The van der Waals surface area contributed by atoms with Gasteiger partial charge in [0, 0.05) is 12.0 Å². The Balaban J connectivity index is 2.42. The van der Waals surface area contributed by atoms with Gasteiger partial charge < -0.3 is 4.74 Å². The Hall–Kier alpha value is -1.57. The number of allylic oxidation sites excluding steroid dienone is 1. The van der Waals surface area contributed by atoms with Crippen LogP contribution in [0.1, 0.15) is 57.4 Å². The van der Waals surface area contributed by atoms with Crippen LogP contribution >= 0.6 is 0 Å². The lowest BCUT2D eigenvalue weighted by molar-refractivity contribution is -0.136. The monoisotopic (exact) mass is 288 g/mol. The fourth-order valence-electron chi connectivity index (χ4n) is 2.38. The van der Waals surface area contributed by atoms with Crippen LogP contribution in [0.15, 0.2) is 42.0 Å². The Labute approximate surface area is 129 Å². The maximum absolute atomic E-state index is 11.8. The molecule has 2 nitrogen and oxygen atoms in total. The van der Waals surface area contributed by atoms with Crippen molar-refractivity contribution >= 4 is 5.97 Å². The molecule has 0 saturated heterocycles. The Morgan fingerprint density at radius 2 is 1.71 bits per heavy atom. The van der Waals surface area contributed by atoms with Crippen LogP contribution in [0.3, 0.4) is 0 Å². The van der Waals surface area contributed by atoms with Crippen molar-refractivity contribution in [3.05, 3.63) is 47.5 Å². The van der Waals surface area contributed by atoms with Crippen LogP contribution in [-0.4, -0.2) is 13.1 Å². The highest BCUT2D eigenvalue weighted by Crippen LogP contribution is 2.13. The first-order chi connectivity index (χ1) is 10.3. The number of carbonyl (C=O) groups is 1. The lowest BCUT2D eigenvalue weighted by Gasteiger charge is -2.06. The van der Waals surface area contributed by atoms with Crippen molar-refractivity contribution in [1.29, 1.82) is 0 Å². The molecule has 0 radical (unpaired) electrons. The molecule has 0 N–H and O–H groups in total. The van der Waals surface area contributed by atoms with E-state index in [9.17, 15) is 4.79 Å². The van der Waals surface area contributed by atoms with Crippen LogP contribution in [0.2, 0.25) is 0 Å². The normalized spacial score (nSPS) is 11.4.